The van der Waals surface area contributed by atoms with Gasteiger partial charge in [0.05, 0.1) is 55.4 Å². The van der Waals surface area contributed by atoms with Crippen LogP contribution in [-0.4, -0.2) is 87.1 Å². The van der Waals surface area contributed by atoms with Crippen molar-refractivity contribution in [2.75, 3.05) is 55.4 Å². The number of rotatable bonds is 8. The van der Waals surface area contributed by atoms with Gasteiger partial charge in [-0.15, -0.1) is 0 Å². The van der Waals surface area contributed by atoms with E-state index in [1.807, 2.05) is 0 Å². The summed E-state index contributed by atoms with van der Waals surface area (Å²) in [6, 6.07) is 0. The smallest absolute Gasteiger partial charge is 0.163 e. The van der Waals surface area contributed by atoms with Crippen molar-refractivity contribution in [3.05, 3.63) is 0 Å². The third-order valence-corrected chi connectivity index (χ3v) is 2.41. The third-order valence-electron chi connectivity index (χ3n) is 2.41. The van der Waals surface area contributed by atoms with E-state index in [2.05, 4.69) is 42.3 Å². The molecule has 0 aromatic rings. The Hall–Kier alpha value is -0.200. The van der Waals surface area contributed by atoms with E-state index in [-0.39, 0.29) is 0 Å². The van der Waals surface area contributed by atoms with Gasteiger partial charge in [0.1, 0.15) is 0 Å². The van der Waals surface area contributed by atoms with Gasteiger partial charge in [-0.25, -0.2) is 0 Å². The lowest BCUT2D eigenvalue weighted by Gasteiger charge is -2.27. The van der Waals surface area contributed by atoms with Gasteiger partial charge >= 0.3 is 0 Å². The van der Waals surface area contributed by atoms with Crippen molar-refractivity contribution in [1.29, 1.82) is 0 Å². The van der Waals surface area contributed by atoms with E-state index in [4.69, 9.17) is 4.74 Å². The standard InChI is InChI=1S/C12H30N2O3/c1-13(2,3)9-7-11(15)17-12(16)8-10-14(4,5)6/h11-12,15-16H,7-10H2,1-6H3/q+2. The molecule has 0 heterocycles. The highest BCUT2D eigenvalue weighted by molar-refractivity contribution is 4.46. The molecule has 0 aromatic heterocycles. The first-order valence-corrected chi connectivity index (χ1v) is 6.12. The lowest BCUT2D eigenvalue weighted by molar-refractivity contribution is -0.872. The fourth-order valence-corrected chi connectivity index (χ4v) is 1.31. The van der Waals surface area contributed by atoms with Crippen molar-refractivity contribution >= 4 is 0 Å². The summed E-state index contributed by atoms with van der Waals surface area (Å²) in [5.74, 6) is 0. The largest absolute Gasteiger partial charge is 0.368 e. The van der Waals surface area contributed by atoms with Crippen LogP contribution in [0.4, 0.5) is 0 Å². The summed E-state index contributed by atoms with van der Waals surface area (Å²) in [7, 11) is 12.3. The van der Waals surface area contributed by atoms with Gasteiger partial charge in [-0.2, -0.15) is 0 Å². The highest BCUT2D eigenvalue weighted by Gasteiger charge is 2.18. The highest BCUT2D eigenvalue weighted by atomic mass is 16.7. The first-order chi connectivity index (χ1) is 7.49. The van der Waals surface area contributed by atoms with Crippen LogP contribution >= 0.6 is 0 Å². The molecular formula is C12H30N2O3+2. The first-order valence-electron chi connectivity index (χ1n) is 6.12. The van der Waals surface area contributed by atoms with Crippen molar-refractivity contribution in [2.45, 2.75) is 25.4 Å². The summed E-state index contributed by atoms with van der Waals surface area (Å²) in [6.07, 6.45) is -0.694. The average Bonchev–Trinajstić information content (AvgIpc) is 2.09. The molecule has 2 N–H and O–H groups in total. The summed E-state index contributed by atoms with van der Waals surface area (Å²) in [5, 5.41) is 19.2. The molecule has 0 spiro atoms. The third kappa shape index (κ3) is 12.1. The number of hydrogen-bond donors (Lipinski definition) is 2. The summed E-state index contributed by atoms with van der Waals surface area (Å²) in [4.78, 5) is 0. The Kier molecular flexibility index (Phi) is 6.58. The SMILES string of the molecule is C[N+](C)(C)CCC(O)OC(O)CC[N+](C)(C)C. The van der Waals surface area contributed by atoms with Crippen molar-refractivity contribution in [1.82, 2.24) is 0 Å². The lowest BCUT2D eigenvalue weighted by atomic mass is 10.3. The molecule has 0 amide bonds. The van der Waals surface area contributed by atoms with Crippen LogP contribution in [0.1, 0.15) is 12.8 Å². The Bertz CT molecular complexity index is 187. The predicted molar refractivity (Wildman–Crippen MR) is 68.1 cm³/mol. The minimum atomic E-state index is -0.880. The van der Waals surface area contributed by atoms with Crippen molar-refractivity contribution in [2.24, 2.45) is 0 Å². The second kappa shape index (κ2) is 6.66. The zero-order valence-electron chi connectivity index (χ0n) is 12.2. The zero-order valence-corrected chi connectivity index (χ0v) is 12.2. The van der Waals surface area contributed by atoms with Gasteiger partial charge in [0.25, 0.3) is 0 Å². The second-order valence-corrected chi connectivity index (χ2v) is 6.65. The van der Waals surface area contributed by atoms with E-state index >= 15 is 0 Å². The van der Waals surface area contributed by atoms with Gasteiger partial charge in [-0.1, -0.05) is 0 Å². The molecule has 0 bridgehead atoms. The number of nitrogens with zero attached hydrogens (tertiary/aromatic N) is 2. The monoisotopic (exact) mass is 250 g/mol. The van der Waals surface area contributed by atoms with Crippen LogP contribution in [0.3, 0.4) is 0 Å². The van der Waals surface area contributed by atoms with E-state index in [1.54, 1.807) is 0 Å². The van der Waals surface area contributed by atoms with Gasteiger partial charge < -0.3 is 23.9 Å². The molecular weight excluding hydrogens is 220 g/mol. The number of ether oxygens (including phenoxy) is 1. The van der Waals surface area contributed by atoms with Crippen molar-refractivity contribution in [3.63, 3.8) is 0 Å². The molecule has 0 saturated heterocycles. The predicted octanol–water partition coefficient (Wildman–Crippen LogP) is -0.168. The molecule has 5 heteroatoms. The Morgan fingerprint density at radius 1 is 0.765 bits per heavy atom. The Morgan fingerprint density at radius 3 is 1.29 bits per heavy atom. The number of aliphatic hydroxyl groups is 2. The van der Waals surface area contributed by atoms with Gasteiger partial charge in [0.2, 0.25) is 0 Å². The van der Waals surface area contributed by atoms with Crippen LogP contribution in [-0.2, 0) is 4.74 Å². The summed E-state index contributed by atoms with van der Waals surface area (Å²) < 4.78 is 6.68. The average molecular weight is 250 g/mol. The molecule has 0 aliphatic rings. The quantitative estimate of drug-likeness (QED) is 0.465. The fraction of sp³-hybridized carbons (Fsp3) is 1.00. The Labute approximate surface area is 105 Å². The van der Waals surface area contributed by atoms with Crippen LogP contribution in [0.15, 0.2) is 0 Å². The van der Waals surface area contributed by atoms with Gasteiger partial charge in [-0.3, -0.25) is 0 Å². The Morgan fingerprint density at radius 2 is 1.06 bits per heavy atom. The van der Waals surface area contributed by atoms with E-state index in [9.17, 15) is 10.2 Å². The molecule has 0 fully saturated rings. The van der Waals surface area contributed by atoms with Crippen molar-refractivity contribution < 1.29 is 23.9 Å². The Balaban J connectivity index is 3.77. The molecule has 0 aliphatic carbocycles. The van der Waals surface area contributed by atoms with Crippen LogP contribution in [0.5, 0.6) is 0 Å². The van der Waals surface area contributed by atoms with Crippen LogP contribution < -0.4 is 0 Å². The number of quaternary nitrogens is 2. The molecule has 0 rings (SSSR count). The first kappa shape index (κ1) is 16.8. The zero-order chi connectivity index (χ0) is 13.7. The molecule has 0 aromatic carbocycles. The molecule has 0 radical (unpaired) electrons. The number of hydrogen-bond acceptors (Lipinski definition) is 3. The minimum Gasteiger partial charge on any atom is -0.368 e. The molecule has 0 aliphatic heterocycles. The maximum absolute atomic E-state index is 9.62. The van der Waals surface area contributed by atoms with Crippen LogP contribution in [0.25, 0.3) is 0 Å². The molecule has 104 valence electrons. The van der Waals surface area contributed by atoms with Gasteiger partial charge in [0.15, 0.2) is 12.6 Å². The molecule has 17 heavy (non-hydrogen) atoms. The van der Waals surface area contributed by atoms with Gasteiger partial charge in [0, 0.05) is 12.8 Å². The molecule has 2 atom stereocenters. The molecule has 5 nitrogen and oxygen atoms in total. The van der Waals surface area contributed by atoms with E-state index in [0.717, 1.165) is 22.1 Å². The summed E-state index contributed by atoms with van der Waals surface area (Å²) >= 11 is 0. The fourth-order valence-electron chi connectivity index (χ4n) is 1.31. The summed E-state index contributed by atoms with van der Waals surface area (Å²) in [5.41, 5.74) is 0. The maximum atomic E-state index is 9.62. The second-order valence-electron chi connectivity index (χ2n) is 6.65. The summed E-state index contributed by atoms with van der Waals surface area (Å²) in [6.45, 7) is 1.62. The van der Waals surface area contributed by atoms with Crippen molar-refractivity contribution in [3.8, 4) is 0 Å². The highest BCUT2D eigenvalue weighted by Crippen LogP contribution is 2.06. The van der Waals surface area contributed by atoms with Crippen LogP contribution in [0, 0.1) is 0 Å². The topological polar surface area (TPSA) is 49.7 Å². The molecule has 0 saturated carbocycles. The maximum Gasteiger partial charge on any atom is 0.163 e. The van der Waals surface area contributed by atoms with E-state index in [1.165, 1.54) is 0 Å². The lowest BCUT2D eigenvalue weighted by Crippen LogP contribution is -2.39. The molecule has 2 unspecified atom stereocenters. The van der Waals surface area contributed by atoms with E-state index in [0.29, 0.717) is 12.8 Å². The van der Waals surface area contributed by atoms with Gasteiger partial charge in [-0.05, 0) is 0 Å². The normalized spacial score (nSPS) is 16.9. The van der Waals surface area contributed by atoms with E-state index < -0.39 is 12.6 Å². The minimum absolute atomic E-state index is 0.533. The van der Waals surface area contributed by atoms with Crippen LogP contribution in [0.2, 0.25) is 0 Å². The number of aliphatic hydroxyl groups excluding tert-OH is 2.